The van der Waals surface area contributed by atoms with Crippen molar-refractivity contribution in [2.75, 3.05) is 6.61 Å². The van der Waals surface area contributed by atoms with E-state index in [2.05, 4.69) is 19.1 Å². The van der Waals surface area contributed by atoms with Crippen LogP contribution >= 0.6 is 0 Å². The van der Waals surface area contributed by atoms with Crippen molar-refractivity contribution < 1.29 is 5.11 Å². The van der Waals surface area contributed by atoms with Gasteiger partial charge in [-0.1, -0.05) is 50.1 Å². The summed E-state index contributed by atoms with van der Waals surface area (Å²) in [5.41, 5.74) is 1.18. The van der Waals surface area contributed by atoms with Crippen molar-refractivity contribution in [1.82, 2.24) is 0 Å². The van der Waals surface area contributed by atoms with Crippen LogP contribution in [0.25, 0.3) is 0 Å². The molecule has 0 fully saturated rings. The predicted molar refractivity (Wildman–Crippen MR) is 55.4 cm³/mol. The minimum absolute atomic E-state index is 0.185. The second-order valence-corrected chi connectivity index (χ2v) is 3.23. The van der Waals surface area contributed by atoms with Gasteiger partial charge in [-0.2, -0.15) is 0 Å². The average Bonchev–Trinajstić information content (AvgIpc) is 2.21. The molecule has 0 aromatic heterocycles. The van der Waals surface area contributed by atoms with E-state index in [-0.39, 0.29) is 6.61 Å². The Hall–Kier alpha value is -0.820. The zero-order valence-corrected chi connectivity index (χ0v) is 8.16. The maximum Gasteiger partial charge on any atom is 0.0537 e. The summed E-state index contributed by atoms with van der Waals surface area (Å²) < 4.78 is 0. The molecule has 71 valence electrons. The summed E-state index contributed by atoms with van der Waals surface area (Å²) in [5.74, 6) is 1.16. The highest BCUT2D eigenvalue weighted by Gasteiger charge is 2.09. The van der Waals surface area contributed by atoms with Crippen molar-refractivity contribution in [1.29, 1.82) is 0 Å². The van der Waals surface area contributed by atoms with E-state index in [1.807, 2.05) is 18.2 Å². The van der Waals surface area contributed by atoms with Crippen LogP contribution in [0.3, 0.4) is 0 Å². The first kappa shape index (κ1) is 10.3. The van der Waals surface area contributed by atoms with Crippen molar-refractivity contribution in [3.05, 3.63) is 41.8 Å². The molecule has 1 aromatic carbocycles. The highest BCUT2D eigenvalue weighted by atomic mass is 16.3. The fraction of sp³-hybridized carbons (Fsp3) is 0.417. The Balaban J connectivity index is 2.56. The molecule has 0 heterocycles. The monoisotopic (exact) mass is 177 g/mol. The molecule has 1 rings (SSSR count). The topological polar surface area (TPSA) is 20.2 Å². The molecule has 1 N–H and O–H groups in total. The standard InChI is InChI=1S/C12H17O/c1-2-3-7-12(10-13)11-8-5-4-6-9-11/h4-6,8-9,13H,2-3,7,10H2,1H3. The fourth-order valence-corrected chi connectivity index (χ4v) is 1.38. The third-order valence-electron chi connectivity index (χ3n) is 2.21. The summed E-state index contributed by atoms with van der Waals surface area (Å²) in [7, 11) is 0. The number of aliphatic hydroxyl groups is 1. The van der Waals surface area contributed by atoms with Gasteiger partial charge >= 0.3 is 0 Å². The van der Waals surface area contributed by atoms with Gasteiger partial charge in [-0.05, 0) is 12.0 Å². The molecule has 0 aliphatic rings. The van der Waals surface area contributed by atoms with Gasteiger partial charge in [0.15, 0.2) is 0 Å². The largest absolute Gasteiger partial charge is 0.395 e. The second kappa shape index (κ2) is 5.76. The molecule has 0 bridgehead atoms. The second-order valence-electron chi connectivity index (χ2n) is 3.23. The van der Waals surface area contributed by atoms with Gasteiger partial charge in [0.05, 0.1) is 6.61 Å². The fourth-order valence-electron chi connectivity index (χ4n) is 1.38. The van der Waals surface area contributed by atoms with Crippen LogP contribution in [0.1, 0.15) is 31.7 Å². The molecule has 1 nitrogen and oxygen atoms in total. The van der Waals surface area contributed by atoms with E-state index >= 15 is 0 Å². The minimum Gasteiger partial charge on any atom is -0.395 e. The molecule has 1 radical (unpaired) electrons. The summed E-state index contributed by atoms with van der Waals surface area (Å²) in [6.07, 6.45) is 3.35. The van der Waals surface area contributed by atoms with E-state index in [0.717, 1.165) is 18.8 Å². The average molecular weight is 177 g/mol. The molecule has 1 heteroatoms. The van der Waals surface area contributed by atoms with Crippen LogP contribution in [-0.4, -0.2) is 11.7 Å². The Morgan fingerprint density at radius 2 is 1.92 bits per heavy atom. The number of rotatable bonds is 5. The number of hydrogen-bond acceptors (Lipinski definition) is 1. The molecule has 0 spiro atoms. The molecule has 0 unspecified atom stereocenters. The Bertz CT molecular complexity index is 218. The molecule has 0 amide bonds. The van der Waals surface area contributed by atoms with Gasteiger partial charge in [-0.15, -0.1) is 0 Å². The van der Waals surface area contributed by atoms with E-state index in [9.17, 15) is 0 Å². The van der Waals surface area contributed by atoms with Crippen molar-refractivity contribution in [3.63, 3.8) is 0 Å². The van der Waals surface area contributed by atoms with Crippen molar-refractivity contribution >= 4 is 0 Å². The van der Waals surface area contributed by atoms with E-state index in [4.69, 9.17) is 5.11 Å². The first-order valence-corrected chi connectivity index (χ1v) is 4.89. The van der Waals surface area contributed by atoms with E-state index < -0.39 is 0 Å². The molecule has 13 heavy (non-hydrogen) atoms. The van der Waals surface area contributed by atoms with E-state index in [0.29, 0.717) is 0 Å². The van der Waals surface area contributed by atoms with Crippen LogP contribution < -0.4 is 0 Å². The maximum absolute atomic E-state index is 9.17. The summed E-state index contributed by atoms with van der Waals surface area (Å²) in [5, 5.41) is 9.17. The lowest BCUT2D eigenvalue weighted by Gasteiger charge is -2.12. The van der Waals surface area contributed by atoms with Crippen LogP contribution in [0.5, 0.6) is 0 Å². The molecule has 0 saturated heterocycles. The zero-order valence-electron chi connectivity index (χ0n) is 8.16. The number of aliphatic hydroxyl groups excluding tert-OH is 1. The lowest BCUT2D eigenvalue weighted by Crippen LogP contribution is -2.04. The SMILES string of the molecule is CCCC[C](CO)c1ccccc1. The van der Waals surface area contributed by atoms with Crippen LogP contribution in [-0.2, 0) is 0 Å². The van der Waals surface area contributed by atoms with Gasteiger partial charge in [-0.25, -0.2) is 0 Å². The first-order chi connectivity index (χ1) is 6.38. The van der Waals surface area contributed by atoms with Crippen LogP contribution in [0.2, 0.25) is 0 Å². The molecular formula is C12H17O. The van der Waals surface area contributed by atoms with Crippen molar-refractivity contribution in [3.8, 4) is 0 Å². The normalized spacial score (nSPS) is 10.7. The van der Waals surface area contributed by atoms with Gasteiger partial charge in [0, 0.05) is 5.92 Å². The van der Waals surface area contributed by atoms with Gasteiger partial charge in [-0.3, -0.25) is 0 Å². The van der Waals surface area contributed by atoms with Crippen LogP contribution in [0, 0.1) is 5.92 Å². The van der Waals surface area contributed by atoms with Crippen molar-refractivity contribution in [2.45, 2.75) is 26.2 Å². The molecule has 0 saturated carbocycles. The maximum atomic E-state index is 9.17. The Morgan fingerprint density at radius 3 is 2.46 bits per heavy atom. The highest BCUT2D eigenvalue weighted by Crippen LogP contribution is 2.19. The number of hydrogen-bond donors (Lipinski definition) is 1. The third kappa shape index (κ3) is 3.19. The lowest BCUT2D eigenvalue weighted by atomic mass is 9.95. The lowest BCUT2D eigenvalue weighted by molar-refractivity contribution is 0.306. The number of unbranched alkanes of at least 4 members (excludes halogenated alkanes) is 1. The van der Waals surface area contributed by atoms with Gasteiger partial charge in [0.1, 0.15) is 0 Å². The summed E-state index contributed by atoms with van der Waals surface area (Å²) in [6, 6.07) is 10.1. The Kier molecular flexibility index (Phi) is 4.55. The van der Waals surface area contributed by atoms with Gasteiger partial charge in [0.2, 0.25) is 0 Å². The Labute approximate surface area is 80.4 Å². The summed E-state index contributed by atoms with van der Waals surface area (Å²) >= 11 is 0. The van der Waals surface area contributed by atoms with Gasteiger partial charge < -0.3 is 5.11 Å². The predicted octanol–water partition coefficient (Wildman–Crippen LogP) is 2.79. The minimum atomic E-state index is 0.185. The molecule has 0 aliphatic heterocycles. The first-order valence-electron chi connectivity index (χ1n) is 4.89. The third-order valence-corrected chi connectivity index (χ3v) is 2.21. The van der Waals surface area contributed by atoms with Gasteiger partial charge in [0.25, 0.3) is 0 Å². The highest BCUT2D eigenvalue weighted by molar-refractivity contribution is 5.30. The van der Waals surface area contributed by atoms with Crippen LogP contribution in [0.15, 0.2) is 30.3 Å². The Morgan fingerprint density at radius 1 is 1.23 bits per heavy atom. The summed E-state index contributed by atoms with van der Waals surface area (Å²) in [6.45, 7) is 2.35. The zero-order chi connectivity index (χ0) is 9.52. The van der Waals surface area contributed by atoms with E-state index in [1.54, 1.807) is 0 Å². The smallest absolute Gasteiger partial charge is 0.0537 e. The summed E-state index contributed by atoms with van der Waals surface area (Å²) in [4.78, 5) is 0. The quantitative estimate of drug-likeness (QED) is 0.733. The molecule has 0 atom stereocenters. The molecule has 0 aliphatic carbocycles. The number of benzene rings is 1. The molecular weight excluding hydrogens is 160 g/mol. The van der Waals surface area contributed by atoms with Crippen LogP contribution in [0.4, 0.5) is 0 Å². The van der Waals surface area contributed by atoms with Crippen molar-refractivity contribution in [2.24, 2.45) is 0 Å². The van der Waals surface area contributed by atoms with E-state index in [1.165, 1.54) is 12.0 Å². The molecule has 1 aromatic rings.